The van der Waals surface area contributed by atoms with Crippen molar-refractivity contribution >= 4 is 0 Å². The van der Waals surface area contributed by atoms with Crippen LogP contribution in [0.25, 0.3) is 0 Å². The van der Waals surface area contributed by atoms with Crippen LogP contribution in [0.1, 0.15) is 0 Å². The molecule has 0 radical (unpaired) electrons. The van der Waals surface area contributed by atoms with Gasteiger partial charge in [0.1, 0.15) is 6.33 Å². The minimum atomic E-state index is 0. The maximum Gasteiger partial charge on any atom is 0.135 e. The fourth-order valence-corrected chi connectivity index (χ4v) is 0.129. The summed E-state index contributed by atoms with van der Waals surface area (Å²) in [6.07, 6.45) is 1.40. The van der Waals surface area contributed by atoms with Gasteiger partial charge in [-0.2, -0.15) is 0 Å². The van der Waals surface area contributed by atoms with Crippen LogP contribution in [0.5, 0.6) is 0 Å². The first-order valence-corrected chi connectivity index (χ1v) is 1.17. The van der Waals surface area contributed by atoms with Gasteiger partial charge in [-0.25, -0.2) is 5.10 Å². The average molecular weight is 142 g/mol. The zero-order chi connectivity index (χ0) is 3.54. The van der Waals surface area contributed by atoms with Crippen LogP contribution < -0.4 is 0 Å². The Hall–Kier alpha value is -1.09. The summed E-state index contributed by atoms with van der Waals surface area (Å²) in [6, 6.07) is 0. The first-order chi connectivity index (χ1) is 2.50. The normalized spacial score (nSPS) is 4.44. The molecule has 9 heavy (non-hydrogen) atoms. The van der Waals surface area contributed by atoms with Crippen molar-refractivity contribution in [1.82, 2.24) is 20.6 Å². The number of aromatic nitrogens is 4. The Kier molecular flexibility index (Phi) is 43.3. The summed E-state index contributed by atoms with van der Waals surface area (Å²) >= 11 is 0. The molecule has 0 aromatic carbocycles. The van der Waals surface area contributed by atoms with E-state index in [1.54, 1.807) is 0 Å². The van der Waals surface area contributed by atoms with Crippen LogP contribution in [-0.4, -0.2) is 42.5 Å². The van der Waals surface area contributed by atoms with Crippen molar-refractivity contribution in [3.05, 3.63) is 6.33 Å². The third-order valence-corrected chi connectivity index (χ3v) is 0.270. The van der Waals surface area contributed by atoms with E-state index in [2.05, 4.69) is 20.6 Å². The minimum Gasteiger partial charge on any atom is -0.412 e. The van der Waals surface area contributed by atoms with Crippen molar-refractivity contribution in [3.8, 4) is 0 Å². The fraction of sp³-hybridized carbons (Fsp3) is 0. The van der Waals surface area contributed by atoms with E-state index < -0.39 is 0 Å². The fourth-order valence-electron chi connectivity index (χ4n) is 0.129. The van der Waals surface area contributed by atoms with E-state index >= 15 is 0 Å². The molecule has 0 aliphatic rings. The lowest BCUT2D eigenvalue weighted by Crippen LogP contribution is -1.64. The lowest BCUT2D eigenvalue weighted by Gasteiger charge is -1.42. The number of aromatic amines is 1. The summed E-state index contributed by atoms with van der Waals surface area (Å²) in [7, 11) is 0. The highest BCUT2D eigenvalue weighted by molar-refractivity contribution is 4.24. The van der Waals surface area contributed by atoms with Gasteiger partial charge in [0.05, 0.1) is 0 Å². The summed E-state index contributed by atoms with van der Waals surface area (Å²) in [5.41, 5.74) is 0. The Morgan fingerprint density at radius 2 is 1.56 bits per heavy atom. The Labute approximate surface area is 50.1 Å². The van der Waals surface area contributed by atoms with Crippen LogP contribution in [0.15, 0.2) is 6.33 Å². The van der Waals surface area contributed by atoms with Crippen molar-refractivity contribution in [2.45, 2.75) is 0 Å². The third kappa shape index (κ3) is 10.9. The smallest absolute Gasteiger partial charge is 0.135 e. The van der Waals surface area contributed by atoms with Crippen LogP contribution in [0.4, 0.5) is 0 Å². The van der Waals surface area contributed by atoms with Crippen molar-refractivity contribution < 1.29 is 21.9 Å². The predicted molar refractivity (Wildman–Crippen MR) is 28.6 cm³/mol. The van der Waals surface area contributed by atoms with Gasteiger partial charge in [-0.15, -0.1) is 5.10 Å². The van der Waals surface area contributed by atoms with Crippen molar-refractivity contribution in [2.75, 3.05) is 0 Å². The molecule has 9 N–H and O–H groups in total. The number of nitrogens with zero attached hydrogens (tertiary/aromatic N) is 3. The molecule has 0 fully saturated rings. The largest absolute Gasteiger partial charge is 0.412 e. The number of hydrogen-bond donors (Lipinski definition) is 1. The molecule has 58 valence electrons. The summed E-state index contributed by atoms with van der Waals surface area (Å²) in [6.45, 7) is 0. The molecule has 1 aromatic rings. The van der Waals surface area contributed by atoms with Crippen molar-refractivity contribution in [2.24, 2.45) is 0 Å². The molecule has 0 unspecified atom stereocenters. The minimum absolute atomic E-state index is 0. The molecule has 1 heterocycles. The van der Waals surface area contributed by atoms with Gasteiger partial charge in [-0.3, -0.25) is 0 Å². The molecule has 0 atom stereocenters. The average Bonchev–Trinajstić information content (AvgIpc) is 1.76. The van der Waals surface area contributed by atoms with Crippen LogP contribution in [0, 0.1) is 0 Å². The SMILES string of the molecule is O.O.O.O.c1nnn[nH]1. The molecule has 0 bridgehead atoms. The van der Waals surface area contributed by atoms with Crippen LogP contribution in [0.3, 0.4) is 0 Å². The molecule has 0 amide bonds. The summed E-state index contributed by atoms with van der Waals surface area (Å²) in [4.78, 5) is 0. The van der Waals surface area contributed by atoms with Gasteiger partial charge in [-0.1, -0.05) is 0 Å². The standard InChI is InChI=1S/CH2N4.4H2O/c1-2-4-5-3-1;;;;/h1H,(H,2,3,4,5);4*1H2. The maximum atomic E-state index is 3.31. The zero-order valence-electron chi connectivity index (χ0n) is 4.42. The Morgan fingerprint density at radius 1 is 1.00 bits per heavy atom. The van der Waals surface area contributed by atoms with E-state index in [0.29, 0.717) is 0 Å². The first kappa shape index (κ1) is 24.7. The van der Waals surface area contributed by atoms with E-state index in [1.807, 2.05) is 0 Å². The summed E-state index contributed by atoms with van der Waals surface area (Å²) < 4.78 is 0. The van der Waals surface area contributed by atoms with Gasteiger partial charge < -0.3 is 21.9 Å². The number of nitrogens with one attached hydrogen (secondary N) is 1. The van der Waals surface area contributed by atoms with Crippen LogP contribution in [0.2, 0.25) is 0 Å². The van der Waals surface area contributed by atoms with E-state index in [1.165, 1.54) is 6.33 Å². The number of hydrogen-bond acceptors (Lipinski definition) is 3. The van der Waals surface area contributed by atoms with Crippen molar-refractivity contribution in [3.63, 3.8) is 0 Å². The van der Waals surface area contributed by atoms with Gasteiger partial charge in [0.2, 0.25) is 0 Å². The van der Waals surface area contributed by atoms with Crippen molar-refractivity contribution in [1.29, 1.82) is 0 Å². The van der Waals surface area contributed by atoms with E-state index in [4.69, 9.17) is 0 Å². The molecule has 0 aliphatic carbocycles. The lowest BCUT2D eigenvalue weighted by molar-refractivity contribution is 0.823. The highest BCUT2D eigenvalue weighted by Crippen LogP contribution is 1.43. The molecular formula is CH10N4O4. The molecule has 0 aliphatic heterocycles. The highest BCUT2D eigenvalue weighted by Gasteiger charge is 1.58. The van der Waals surface area contributed by atoms with Crippen LogP contribution >= 0.6 is 0 Å². The number of tetrazole rings is 1. The van der Waals surface area contributed by atoms with Gasteiger partial charge in [0.15, 0.2) is 0 Å². The topological polar surface area (TPSA) is 180 Å². The van der Waals surface area contributed by atoms with Gasteiger partial charge in [0, 0.05) is 0 Å². The van der Waals surface area contributed by atoms with E-state index in [0.717, 1.165) is 0 Å². The Bertz CT molecular complexity index is 69.0. The second-order valence-corrected chi connectivity index (χ2v) is 0.563. The number of rotatable bonds is 0. The molecule has 8 heteroatoms. The maximum absolute atomic E-state index is 3.31. The molecule has 0 saturated carbocycles. The lowest BCUT2D eigenvalue weighted by atomic mass is 11.4. The van der Waals surface area contributed by atoms with Crippen LogP contribution in [-0.2, 0) is 0 Å². The molecule has 0 saturated heterocycles. The van der Waals surface area contributed by atoms with E-state index in [-0.39, 0.29) is 21.9 Å². The van der Waals surface area contributed by atoms with Gasteiger partial charge >= 0.3 is 0 Å². The summed E-state index contributed by atoms with van der Waals surface area (Å²) in [5, 5.41) is 12.1. The van der Waals surface area contributed by atoms with Gasteiger partial charge in [0.25, 0.3) is 0 Å². The Morgan fingerprint density at radius 3 is 1.67 bits per heavy atom. The molecule has 8 nitrogen and oxygen atoms in total. The number of H-pyrrole nitrogens is 1. The first-order valence-electron chi connectivity index (χ1n) is 1.17. The second kappa shape index (κ2) is 15.8. The molecule has 0 spiro atoms. The third-order valence-electron chi connectivity index (χ3n) is 0.270. The van der Waals surface area contributed by atoms with Gasteiger partial charge in [-0.05, 0) is 10.4 Å². The summed E-state index contributed by atoms with van der Waals surface area (Å²) in [5.74, 6) is 0. The molecule has 1 rings (SSSR count). The molecule has 1 aromatic heterocycles. The monoisotopic (exact) mass is 142 g/mol. The second-order valence-electron chi connectivity index (χ2n) is 0.563. The Balaban J connectivity index is -0.0000000312. The quantitative estimate of drug-likeness (QED) is 0.387. The zero-order valence-corrected chi connectivity index (χ0v) is 4.42. The predicted octanol–water partition coefficient (Wildman–Crippen LogP) is -4.10. The molecular weight excluding hydrogens is 132 g/mol. The van der Waals surface area contributed by atoms with E-state index in [9.17, 15) is 0 Å². The highest BCUT2D eigenvalue weighted by atomic mass is 16.0.